The summed E-state index contributed by atoms with van der Waals surface area (Å²) in [4.78, 5) is 4.56. The Balaban J connectivity index is 1.90. The summed E-state index contributed by atoms with van der Waals surface area (Å²) in [7, 11) is 0. The minimum absolute atomic E-state index is 0.610. The third kappa shape index (κ3) is 2.86. The van der Waals surface area contributed by atoms with Crippen molar-refractivity contribution < 1.29 is 0 Å². The maximum atomic E-state index is 9.28. The van der Waals surface area contributed by atoms with Crippen LogP contribution in [0.4, 0.5) is 0 Å². The van der Waals surface area contributed by atoms with Gasteiger partial charge in [-0.15, -0.1) is 11.3 Å². The van der Waals surface area contributed by atoms with Gasteiger partial charge in [-0.25, -0.2) is 4.98 Å². The van der Waals surface area contributed by atoms with Gasteiger partial charge in [0.1, 0.15) is 11.1 Å². The van der Waals surface area contributed by atoms with Crippen molar-refractivity contribution in [3.05, 3.63) is 50.9 Å². The van der Waals surface area contributed by atoms with Crippen LogP contribution in [0.1, 0.15) is 35.0 Å². The van der Waals surface area contributed by atoms with Crippen LogP contribution in [0.25, 0.3) is 11.6 Å². The second-order valence-electron chi connectivity index (χ2n) is 4.57. The summed E-state index contributed by atoms with van der Waals surface area (Å²) in [6.07, 6.45) is 4.31. The van der Waals surface area contributed by atoms with Crippen LogP contribution >= 0.6 is 22.9 Å². The summed E-state index contributed by atoms with van der Waals surface area (Å²) < 4.78 is 0. The first-order valence-electron chi connectivity index (χ1n) is 6.09. The Bertz CT molecular complexity index is 660. The molecule has 1 aliphatic carbocycles. The lowest BCUT2D eigenvalue weighted by Crippen LogP contribution is -1.83. The molecule has 1 aromatic heterocycles. The molecule has 4 heteroatoms. The lowest BCUT2D eigenvalue weighted by atomic mass is 10.1. The number of halogens is 1. The molecule has 94 valence electrons. The molecular weight excluding hydrogens is 276 g/mol. The van der Waals surface area contributed by atoms with Crippen LogP contribution in [0, 0.1) is 11.3 Å². The van der Waals surface area contributed by atoms with Gasteiger partial charge in [-0.3, -0.25) is 0 Å². The average Bonchev–Trinajstić information content (AvgIpc) is 3.17. The van der Waals surface area contributed by atoms with Crippen LogP contribution in [0.3, 0.4) is 0 Å². The van der Waals surface area contributed by atoms with E-state index in [1.54, 1.807) is 11.3 Å². The van der Waals surface area contributed by atoms with Gasteiger partial charge in [0.25, 0.3) is 0 Å². The molecule has 0 spiro atoms. The number of hydrogen-bond donors (Lipinski definition) is 0. The molecule has 2 aromatic rings. The normalized spacial score (nSPS) is 15.3. The van der Waals surface area contributed by atoms with Gasteiger partial charge in [0.2, 0.25) is 0 Å². The molecule has 0 N–H and O–H groups in total. The van der Waals surface area contributed by atoms with Crippen molar-refractivity contribution >= 4 is 34.6 Å². The van der Waals surface area contributed by atoms with E-state index >= 15 is 0 Å². The van der Waals surface area contributed by atoms with Crippen molar-refractivity contribution in [3.63, 3.8) is 0 Å². The zero-order valence-electron chi connectivity index (χ0n) is 10.1. The highest BCUT2D eigenvalue weighted by molar-refractivity contribution is 7.11. The zero-order chi connectivity index (χ0) is 13.2. The summed E-state index contributed by atoms with van der Waals surface area (Å²) in [5.41, 5.74) is 2.71. The minimum atomic E-state index is 0.610. The van der Waals surface area contributed by atoms with Crippen molar-refractivity contribution in [3.8, 4) is 6.07 Å². The lowest BCUT2D eigenvalue weighted by molar-refractivity contribution is 1.05. The average molecular weight is 287 g/mol. The summed E-state index contributed by atoms with van der Waals surface area (Å²) in [5.74, 6) is 0.625. The Kier molecular flexibility index (Phi) is 3.37. The number of rotatable bonds is 3. The summed E-state index contributed by atoms with van der Waals surface area (Å²) >= 11 is 7.39. The van der Waals surface area contributed by atoms with E-state index in [9.17, 15) is 5.26 Å². The third-order valence-electron chi connectivity index (χ3n) is 3.05. The molecule has 1 heterocycles. The minimum Gasteiger partial charge on any atom is -0.240 e. The van der Waals surface area contributed by atoms with Crippen LogP contribution in [0.15, 0.2) is 29.6 Å². The highest BCUT2D eigenvalue weighted by atomic mass is 35.5. The SMILES string of the molecule is N#C/C(=C\c1ccc(Cl)cc1)c1nc(C2CC2)cs1. The first kappa shape index (κ1) is 12.4. The van der Waals surface area contributed by atoms with Gasteiger partial charge in [0.15, 0.2) is 0 Å². The van der Waals surface area contributed by atoms with Gasteiger partial charge in [-0.1, -0.05) is 23.7 Å². The van der Waals surface area contributed by atoms with E-state index in [1.165, 1.54) is 12.8 Å². The Morgan fingerprint density at radius 1 is 1.37 bits per heavy atom. The van der Waals surface area contributed by atoms with Gasteiger partial charge in [-0.2, -0.15) is 5.26 Å². The molecule has 0 amide bonds. The van der Waals surface area contributed by atoms with Crippen molar-refractivity contribution in [2.75, 3.05) is 0 Å². The van der Waals surface area contributed by atoms with Crippen molar-refractivity contribution in [1.82, 2.24) is 4.98 Å². The number of thiazole rings is 1. The van der Waals surface area contributed by atoms with Gasteiger partial charge in [0.05, 0.1) is 11.3 Å². The molecule has 0 radical (unpaired) electrons. The third-order valence-corrected chi connectivity index (χ3v) is 4.20. The molecule has 1 aromatic carbocycles. The number of nitrogens with zero attached hydrogens (tertiary/aromatic N) is 2. The van der Waals surface area contributed by atoms with Crippen molar-refractivity contribution in [2.24, 2.45) is 0 Å². The second kappa shape index (κ2) is 5.16. The second-order valence-corrected chi connectivity index (χ2v) is 5.87. The van der Waals surface area contributed by atoms with Gasteiger partial charge < -0.3 is 0 Å². The monoisotopic (exact) mass is 286 g/mol. The Morgan fingerprint density at radius 2 is 2.11 bits per heavy atom. The molecule has 0 bridgehead atoms. The van der Waals surface area contributed by atoms with Crippen LogP contribution in [0.2, 0.25) is 5.02 Å². The number of benzene rings is 1. The molecule has 0 atom stereocenters. The van der Waals surface area contributed by atoms with E-state index in [0.29, 0.717) is 16.5 Å². The molecular formula is C15H11ClN2S. The molecule has 19 heavy (non-hydrogen) atoms. The molecule has 0 unspecified atom stereocenters. The number of allylic oxidation sites excluding steroid dienone is 1. The number of aromatic nitrogens is 1. The fourth-order valence-corrected chi connectivity index (χ4v) is 2.84. The number of hydrogen-bond acceptors (Lipinski definition) is 3. The Labute approximate surface area is 121 Å². The van der Waals surface area contributed by atoms with E-state index in [1.807, 2.05) is 30.3 Å². The fraction of sp³-hybridized carbons (Fsp3) is 0.200. The lowest BCUT2D eigenvalue weighted by Gasteiger charge is -1.96. The van der Waals surface area contributed by atoms with Crippen LogP contribution in [-0.4, -0.2) is 4.98 Å². The van der Waals surface area contributed by atoms with E-state index in [4.69, 9.17) is 11.6 Å². The maximum absolute atomic E-state index is 9.28. The maximum Gasteiger partial charge on any atom is 0.134 e. The number of nitriles is 1. The van der Waals surface area contributed by atoms with Crippen LogP contribution < -0.4 is 0 Å². The molecule has 0 saturated heterocycles. The smallest absolute Gasteiger partial charge is 0.134 e. The van der Waals surface area contributed by atoms with E-state index in [0.717, 1.165) is 16.3 Å². The van der Waals surface area contributed by atoms with Crippen LogP contribution in [-0.2, 0) is 0 Å². The molecule has 1 saturated carbocycles. The first-order chi connectivity index (χ1) is 9.26. The summed E-state index contributed by atoms with van der Waals surface area (Å²) in [6, 6.07) is 9.66. The van der Waals surface area contributed by atoms with E-state index < -0.39 is 0 Å². The molecule has 3 rings (SSSR count). The predicted molar refractivity (Wildman–Crippen MR) is 79.0 cm³/mol. The highest BCUT2D eigenvalue weighted by Crippen LogP contribution is 2.40. The van der Waals surface area contributed by atoms with Gasteiger partial charge >= 0.3 is 0 Å². The summed E-state index contributed by atoms with van der Waals surface area (Å²) in [5, 5.41) is 12.9. The molecule has 2 nitrogen and oxygen atoms in total. The topological polar surface area (TPSA) is 36.7 Å². The predicted octanol–water partition coefficient (Wildman–Crippen LogP) is 4.74. The van der Waals surface area contributed by atoms with Crippen molar-refractivity contribution in [2.45, 2.75) is 18.8 Å². The Hall–Kier alpha value is -1.63. The van der Waals surface area contributed by atoms with Crippen molar-refractivity contribution in [1.29, 1.82) is 5.26 Å². The van der Waals surface area contributed by atoms with Crippen LogP contribution in [0.5, 0.6) is 0 Å². The highest BCUT2D eigenvalue weighted by Gasteiger charge is 2.26. The largest absolute Gasteiger partial charge is 0.240 e. The first-order valence-corrected chi connectivity index (χ1v) is 7.35. The fourth-order valence-electron chi connectivity index (χ4n) is 1.84. The Morgan fingerprint density at radius 3 is 2.74 bits per heavy atom. The molecule has 1 fully saturated rings. The molecule has 0 aliphatic heterocycles. The molecule has 1 aliphatic rings. The van der Waals surface area contributed by atoms with Gasteiger partial charge in [-0.05, 0) is 36.6 Å². The standard InChI is InChI=1S/C15H11ClN2S/c16-13-5-1-10(2-6-13)7-12(8-17)15-18-14(9-19-15)11-3-4-11/h1-2,5-7,9,11H,3-4H2/b12-7+. The summed E-state index contributed by atoms with van der Waals surface area (Å²) in [6.45, 7) is 0. The van der Waals surface area contributed by atoms with E-state index in [-0.39, 0.29) is 0 Å². The quantitative estimate of drug-likeness (QED) is 0.764. The van der Waals surface area contributed by atoms with Gasteiger partial charge in [0, 0.05) is 16.3 Å². The zero-order valence-corrected chi connectivity index (χ0v) is 11.7. The van der Waals surface area contributed by atoms with E-state index in [2.05, 4.69) is 16.4 Å².